The van der Waals surface area contributed by atoms with Gasteiger partial charge in [0.1, 0.15) is 0 Å². The molecule has 0 saturated carbocycles. The average Bonchev–Trinajstić information content (AvgIpc) is 3.09. The molecular weight excluding hydrogens is 530 g/mol. The number of nitrogens with zero attached hydrogens (tertiary/aromatic N) is 1. The van der Waals surface area contributed by atoms with Crippen molar-refractivity contribution in [3.8, 4) is 22.3 Å². The average molecular weight is 566 g/mol. The molecule has 0 bridgehead atoms. The van der Waals surface area contributed by atoms with Gasteiger partial charge in [0.2, 0.25) is 0 Å². The largest absolute Gasteiger partial charge is 0.310 e. The Labute approximate surface area is 260 Å². The molecule has 1 nitrogen and oxygen atoms in total. The Kier molecular flexibility index (Phi) is 6.72. The van der Waals surface area contributed by atoms with E-state index in [1.54, 1.807) is 0 Å². The van der Waals surface area contributed by atoms with Crippen LogP contribution >= 0.6 is 0 Å². The number of hydrogen-bond acceptors (Lipinski definition) is 1. The van der Waals surface area contributed by atoms with Crippen LogP contribution in [0.25, 0.3) is 43.8 Å². The highest BCUT2D eigenvalue weighted by molar-refractivity contribution is 6.13. The molecule has 0 atom stereocenters. The van der Waals surface area contributed by atoms with Gasteiger partial charge >= 0.3 is 0 Å². The fraction of sp³-hybridized carbons (Fsp3) is 0.116. The first-order chi connectivity index (χ1) is 21.7. The van der Waals surface area contributed by atoms with Crippen LogP contribution in [0.4, 0.5) is 17.1 Å². The number of rotatable bonds is 5. The second kappa shape index (κ2) is 11.2. The van der Waals surface area contributed by atoms with Gasteiger partial charge in [-0.3, -0.25) is 0 Å². The lowest BCUT2D eigenvalue weighted by atomic mass is 9.89. The standard InChI is InChI=1S/C43H35N/c1-30-27-34-11-5-6-12-35(34)29-43(30)44(37-14-3-2-4-15-37)38-25-23-32(24-26-38)31-19-21-33(22-20-31)42-28-36-13-7-8-16-39(36)40-17-9-10-18-41(40)42/h2-4,7-10,13-29H,5-6,11-12H2,1H3. The van der Waals surface area contributed by atoms with E-state index in [1.807, 2.05) is 0 Å². The summed E-state index contributed by atoms with van der Waals surface area (Å²) in [7, 11) is 0. The van der Waals surface area contributed by atoms with Gasteiger partial charge in [-0.05, 0) is 129 Å². The van der Waals surface area contributed by atoms with Crippen LogP contribution in [0.15, 0.2) is 146 Å². The molecule has 1 aliphatic rings. The first kappa shape index (κ1) is 26.5. The van der Waals surface area contributed by atoms with Crippen molar-refractivity contribution in [3.05, 3.63) is 162 Å². The Morgan fingerprint density at radius 1 is 0.455 bits per heavy atom. The van der Waals surface area contributed by atoms with E-state index in [2.05, 4.69) is 157 Å². The van der Waals surface area contributed by atoms with Crippen molar-refractivity contribution in [2.45, 2.75) is 32.6 Å². The molecule has 0 radical (unpaired) electrons. The van der Waals surface area contributed by atoms with Gasteiger partial charge in [-0.15, -0.1) is 0 Å². The number of aryl methyl sites for hydroxylation is 3. The second-order valence-electron chi connectivity index (χ2n) is 12.1. The number of hydrogen-bond donors (Lipinski definition) is 0. The van der Waals surface area contributed by atoms with Crippen LogP contribution in [-0.4, -0.2) is 0 Å². The Balaban J connectivity index is 1.15. The summed E-state index contributed by atoms with van der Waals surface area (Å²) in [5, 5.41) is 5.18. The molecule has 0 amide bonds. The van der Waals surface area contributed by atoms with Crippen LogP contribution in [0, 0.1) is 6.92 Å². The van der Waals surface area contributed by atoms with E-state index in [0.717, 1.165) is 0 Å². The molecule has 0 N–H and O–H groups in total. The molecule has 7 aromatic rings. The Morgan fingerprint density at radius 2 is 1.00 bits per heavy atom. The van der Waals surface area contributed by atoms with Crippen molar-refractivity contribution in [3.63, 3.8) is 0 Å². The van der Waals surface area contributed by atoms with E-state index < -0.39 is 0 Å². The SMILES string of the molecule is Cc1cc2c(cc1N(c1ccccc1)c1ccc(-c3ccc(-c4cc5ccccc5c5ccccc45)cc3)cc1)CCCC2. The zero-order chi connectivity index (χ0) is 29.5. The van der Waals surface area contributed by atoms with Crippen molar-refractivity contribution in [2.75, 3.05) is 4.90 Å². The summed E-state index contributed by atoms with van der Waals surface area (Å²) in [6.07, 6.45) is 4.96. The third-order valence-corrected chi connectivity index (χ3v) is 9.34. The van der Waals surface area contributed by atoms with E-state index in [1.165, 1.54) is 103 Å². The maximum Gasteiger partial charge on any atom is 0.0493 e. The summed E-state index contributed by atoms with van der Waals surface area (Å²) < 4.78 is 0. The quantitative estimate of drug-likeness (QED) is 0.188. The summed E-state index contributed by atoms with van der Waals surface area (Å²) in [5.41, 5.74) is 13.0. The molecule has 212 valence electrons. The van der Waals surface area contributed by atoms with Gasteiger partial charge in [0, 0.05) is 17.1 Å². The summed E-state index contributed by atoms with van der Waals surface area (Å²) >= 11 is 0. The van der Waals surface area contributed by atoms with E-state index >= 15 is 0 Å². The smallest absolute Gasteiger partial charge is 0.0493 e. The van der Waals surface area contributed by atoms with Crippen LogP contribution in [0.2, 0.25) is 0 Å². The number of fused-ring (bicyclic) bond motifs is 4. The third-order valence-electron chi connectivity index (χ3n) is 9.34. The highest BCUT2D eigenvalue weighted by Crippen LogP contribution is 2.40. The zero-order valence-corrected chi connectivity index (χ0v) is 25.1. The second-order valence-corrected chi connectivity index (χ2v) is 12.1. The highest BCUT2D eigenvalue weighted by Gasteiger charge is 2.19. The fourth-order valence-electron chi connectivity index (χ4n) is 7.08. The van der Waals surface area contributed by atoms with Gasteiger partial charge in [0.25, 0.3) is 0 Å². The molecule has 1 aliphatic carbocycles. The van der Waals surface area contributed by atoms with Gasteiger partial charge in [-0.1, -0.05) is 109 Å². The lowest BCUT2D eigenvalue weighted by Crippen LogP contribution is -2.13. The van der Waals surface area contributed by atoms with Gasteiger partial charge in [0.15, 0.2) is 0 Å². The van der Waals surface area contributed by atoms with Crippen molar-refractivity contribution in [2.24, 2.45) is 0 Å². The maximum absolute atomic E-state index is 2.44. The predicted molar refractivity (Wildman–Crippen MR) is 188 cm³/mol. The van der Waals surface area contributed by atoms with Crippen molar-refractivity contribution >= 4 is 38.6 Å². The number of anilines is 3. The Morgan fingerprint density at radius 3 is 1.73 bits per heavy atom. The summed E-state index contributed by atoms with van der Waals surface area (Å²) in [6.45, 7) is 2.26. The minimum Gasteiger partial charge on any atom is -0.310 e. The van der Waals surface area contributed by atoms with Crippen LogP contribution in [0.1, 0.15) is 29.5 Å². The predicted octanol–water partition coefficient (Wildman–Crippen LogP) is 12.0. The van der Waals surface area contributed by atoms with E-state index in [-0.39, 0.29) is 0 Å². The normalized spacial score (nSPS) is 12.8. The lowest BCUT2D eigenvalue weighted by Gasteiger charge is -2.29. The number of para-hydroxylation sites is 1. The van der Waals surface area contributed by atoms with Crippen molar-refractivity contribution < 1.29 is 0 Å². The molecule has 8 rings (SSSR count). The van der Waals surface area contributed by atoms with E-state index in [0.29, 0.717) is 0 Å². The van der Waals surface area contributed by atoms with E-state index in [9.17, 15) is 0 Å². The topological polar surface area (TPSA) is 3.24 Å². The monoisotopic (exact) mass is 565 g/mol. The molecule has 7 aromatic carbocycles. The molecule has 0 saturated heterocycles. The Bertz CT molecular complexity index is 2110. The summed E-state index contributed by atoms with van der Waals surface area (Å²) in [5.74, 6) is 0. The molecule has 0 aliphatic heterocycles. The van der Waals surface area contributed by atoms with Gasteiger partial charge in [0.05, 0.1) is 0 Å². The van der Waals surface area contributed by atoms with Gasteiger partial charge in [-0.25, -0.2) is 0 Å². The lowest BCUT2D eigenvalue weighted by molar-refractivity contribution is 0.685. The molecule has 1 heteroatoms. The highest BCUT2D eigenvalue weighted by atomic mass is 15.1. The molecular formula is C43H35N. The van der Waals surface area contributed by atoms with Crippen LogP contribution in [0.3, 0.4) is 0 Å². The first-order valence-corrected chi connectivity index (χ1v) is 15.8. The maximum atomic E-state index is 2.44. The molecule has 0 heterocycles. The van der Waals surface area contributed by atoms with Gasteiger partial charge in [-0.2, -0.15) is 0 Å². The molecule has 0 aromatic heterocycles. The van der Waals surface area contributed by atoms with Crippen molar-refractivity contribution in [1.29, 1.82) is 0 Å². The molecule has 44 heavy (non-hydrogen) atoms. The van der Waals surface area contributed by atoms with Crippen molar-refractivity contribution in [1.82, 2.24) is 0 Å². The fourth-order valence-corrected chi connectivity index (χ4v) is 7.08. The van der Waals surface area contributed by atoms with Crippen LogP contribution in [0.5, 0.6) is 0 Å². The molecule has 0 spiro atoms. The third kappa shape index (κ3) is 4.75. The summed E-state index contributed by atoms with van der Waals surface area (Å²) in [4.78, 5) is 2.42. The van der Waals surface area contributed by atoms with E-state index in [4.69, 9.17) is 0 Å². The minimum absolute atomic E-state index is 1.18. The Hall–Kier alpha value is -5.14. The molecule has 0 fully saturated rings. The van der Waals surface area contributed by atoms with Crippen LogP contribution < -0.4 is 4.90 Å². The first-order valence-electron chi connectivity index (χ1n) is 15.8. The minimum atomic E-state index is 1.18. The number of benzene rings is 7. The van der Waals surface area contributed by atoms with Gasteiger partial charge < -0.3 is 4.90 Å². The summed E-state index contributed by atoms with van der Waals surface area (Å²) in [6, 6.07) is 53.5. The molecule has 0 unspecified atom stereocenters. The zero-order valence-electron chi connectivity index (χ0n) is 25.1. The van der Waals surface area contributed by atoms with Crippen LogP contribution in [-0.2, 0) is 12.8 Å².